The van der Waals surface area contributed by atoms with Crippen molar-refractivity contribution in [3.63, 3.8) is 0 Å². The molecule has 1 rings (SSSR count). The van der Waals surface area contributed by atoms with Gasteiger partial charge >= 0.3 is 0 Å². The Morgan fingerprint density at radius 1 is 1.56 bits per heavy atom. The van der Waals surface area contributed by atoms with Crippen LogP contribution in [0.4, 0.5) is 5.82 Å². The molecule has 0 saturated carbocycles. The van der Waals surface area contributed by atoms with E-state index in [1.807, 2.05) is 11.9 Å². The van der Waals surface area contributed by atoms with E-state index in [1.165, 1.54) is 6.20 Å². The first-order valence-corrected chi connectivity index (χ1v) is 5.06. The Kier molecular flexibility index (Phi) is 4.19. The summed E-state index contributed by atoms with van der Waals surface area (Å²) in [6, 6.07) is 0. The van der Waals surface area contributed by atoms with E-state index < -0.39 is 0 Å². The minimum absolute atomic E-state index is 0.0920. The number of aliphatic hydroxyl groups excluding tert-OH is 1. The van der Waals surface area contributed by atoms with Gasteiger partial charge in [-0.3, -0.25) is 5.41 Å². The second kappa shape index (κ2) is 5.41. The Labute approximate surface area is 94.6 Å². The molecule has 88 valence electrons. The predicted octanol–water partition coefficient (Wildman–Crippen LogP) is -0.0322. The fourth-order valence-electron chi connectivity index (χ4n) is 1.15. The van der Waals surface area contributed by atoms with Crippen molar-refractivity contribution in [3.05, 3.63) is 18.1 Å². The van der Waals surface area contributed by atoms with Crippen molar-refractivity contribution in [2.75, 3.05) is 18.5 Å². The largest absolute Gasteiger partial charge is 0.393 e. The van der Waals surface area contributed by atoms with Gasteiger partial charge in [-0.2, -0.15) is 0 Å². The Balaban J connectivity index is 2.63. The molecule has 1 unspecified atom stereocenters. The lowest BCUT2D eigenvalue weighted by molar-refractivity contribution is 0.187. The molecular weight excluding hydrogens is 206 g/mol. The number of amidine groups is 1. The highest BCUT2D eigenvalue weighted by Crippen LogP contribution is 2.07. The van der Waals surface area contributed by atoms with Crippen molar-refractivity contribution in [3.8, 4) is 0 Å². The summed E-state index contributed by atoms with van der Waals surface area (Å²) in [6.45, 7) is 2.45. The quantitative estimate of drug-likeness (QED) is 0.481. The highest BCUT2D eigenvalue weighted by atomic mass is 16.3. The molecule has 1 aromatic heterocycles. The first kappa shape index (κ1) is 12.4. The fraction of sp³-hybridized carbons (Fsp3) is 0.500. The van der Waals surface area contributed by atoms with Crippen molar-refractivity contribution in [1.82, 2.24) is 9.97 Å². The van der Waals surface area contributed by atoms with Crippen LogP contribution in [0.2, 0.25) is 0 Å². The number of aliphatic hydroxyl groups is 1. The van der Waals surface area contributed by atoms with Gasteiger partial charge in [0.15, 0.2) is 0 Å². The van der Waals surface area contributed by atoms with E-state index >= 15 is 0 Å². The number of nitrogens with two attached hydrogens (primary N) is 1. The molecule has 0 amide bonds. The van der Waals surface area contributed by atoms with Crippen molar-refractivity contribution in [2.24, 2.45) is 5.73 Å². The lowest BCUT2D eigenvalue weighted by Crippen LogP contribution is -2.23. The third kappa shape index (κ3) is 3.47. The average molecular weight is 223 g/mol. The molecule has 0 aliphatic carbocycles. The number of hydrogen-bond donors (Lipinski definition) is 3. The maximum absolute atomic E-state index is 9.16. The van der Waals surface area contributed by atoms with E-state index in [0.717, 1.165) is 0 Å². The second-order valence-electron chi connectivity index (χ2n) is 3.73. The number of nitrogen functional groups attached to an aromatic ring is 1. The van der Waals surface area contributed by atoms with Gasteiger partial charge < -0.3 is 15.7 Å². The smallest absolute Gasteiger partial charge is 0.146 e. The summed E-state index contributed by atoms with van der Waals surface area (Å²) >= 11 is 0. The molecule has 1 heterocycles. The summed E-state index contributed by atoms with van der Waals surface area (Å²) in [6.07, 6.45) is 3.38. The molecule has 0 aliphatic heterocycles. The first-order valence-electron chi connectivity index (χ1n) is 5.06. The molecule has 0 radical (unpaired) electrons. The van der Waals surface area contributed by atoms with E-state index in [2.05, 4.69) is 9.97 Å². The lowest BCUT2D eigenvalue weighted by atomic mass is 10.3. The zero-order valence-electron chi connectivity index (χ0n) is 9.51. The van der Waals surface area contributed by atoms with Crippen molar-refractivity contribution in [2.45, 2.75) is 19.4 Å². The zero-order valence-corrected chi connectivity index (χ0v) is 9.51. The average Bonchev–Trinajstić information content (AvgIpc) is 2.26. The van der Waals surface area contributed by atoms with E-state index in [-0.39, 0.29) is 11.9 Å². The molecule has 0 aliphatic rings. The van der Waals surface area contributed by atoms with Gasteiger partial charge in [0.1, 0.15) is 17.3 Å². The van der Waals surface area contributed by atoms with Gasteiger partial charge in [0, 0.05) is 13.6 Å². The van der Waals surface area contributed by atoms with Gasteiger partial charge in [0.2, 0.25) is 0 Å². The molecular formula is C10H17N5O. The first-order chi connectivity index (χ1) is 7.50. The van der Waals surface area contributed by atoms with Crippen molar-refractivity contribution >= 4 is 11.7 Å². The van der Waals surface area contributed by atoms with E-state index in [1.54, 1.807) is 13.1 Å². The fourth-order valence-corrected chi connectivity index (χ4v) is 1.15. The summed E-state index contributed by atoms with van der Waals surface area (Å²) < 4.78 is 0. The van der Waals surface area contributed by atoms with Crippen LogP contribution < -0.4 is 10.6 Å². The SMILES string of the molecule is CC(O)CCN(C)c1cnc(C(=N)N)cn1. The van der Waals surface area contributed by atoms with Crippen LogP contribution in [0.15, 0.2) is 12.4 Å². The number of rotatable bonds is 5. The maximum Gasteiger partial charge on any atom is 0.146 e. The Morgan fingerprint density at radius 3 is 2.69 bits per heavy atom. The normalized spacial score (nSPS) is 12.2. The topological polar surface area (TPSA) is 99.1 Å². The number of nitrogens with one attached hydrogen (secondary N) is 1. The molecule has 1 atom stereocenters. The monoisotopic (exact) mass is 223 g/mol. The molecule has 0 bridgehead atoms. The number of hydrogen-bond acceptors (Lipinski definition) is 5. The van der Waals surface area contributed by atoms with Crippen LogP contribution in [0.25, 0.3) is 0 Å². The molecule has 6 heteroatoms. The predicted molar refractivity (Wildman–Crippen MR) is 62.6 cm³/mol. The number of anilines is 1. The van der Waals surface area contributed by atoms with Crippen LogP contribution in [-0.4, -0.2) is 40.6 Å². The summed E-state index contributed by atoms with van der Waals surface area (Å²) in [5.41, 5.74) is 5.64. The zero-order chi connectivity index (χ0) is 12.1. The van der Waals surface area contributed by atoms with Crippen LogP contribution in [0.5, 0.6) is 0 Å². The highest BCUT2D eigenvalue weighted by molar-refractivity contribution is 5.92. The Morgan fingerprint density at radius 2 is 2.25 bits per heavy atom. The molecule has 0 fully saturated rings. The van der Waals surface area contributed by atoms with Gasteiger partial charge in [0.05, 0.1) is 18.5 Å². The molecule has 1 aromatic rings. The van der Waals surface area contributed by atoms with Gasteiger partial charge in [-0.25, -0.2) is 9.97 Å². The van der Waals surface area contributed by atoms with Crippen LogP contribution in [-0.2, 0) is 0 Å². The van der Waals surface area contributed by atoms with E-state index in [9.17, 15) is 0 Å². The van der Waals surface area contributed by atoms with Crippen LogP contribution in [0, 0.1) is 5.41 Å². The van der Waals surface area contributed by atoms with Gasteiger partial charge in [-0.15, -0.1) is 0 Å². The summed E-state index contributed by atoms with van der Waals surface area (Å²) in [4.78, 5) is 10.0. The van der Waals surface area contributed by atoms with Crippen molar-refractivity contribution in [1.29, 1.82) is 5.41 Å². The third-order valence-corrected chi connectivity index (χ3v) is 2.19. The maximum atomic E-state index is 9.16. The Hall–Kier alpha value is -1.69. The van der Waals surface area contributed by atoms with Crippen LogP contribution in [0.1, 0.15) is 19.0 Å². The molecule has 4 N–H and O–H groups in total. The second-order valence-corrected chi connectivity index (χ2v) is 3.73. The minimum atomic E-state index is -0.327. The van der Waals surface area contributed by atoms with Gasteiger partial charge in [-0.1, -0.05) is 0 Å². The molecule has 6 nitrogen and oxygen atoms in total. The standard InChI is InChI=1S/C10H17N5O/c1-7(16)3-4-15(2)9-6-13-8(5-14-9)10(11)12/h5-7,16H,3-4H2,1-2H3,(H3,11,12). The van der Waals surface area contributed by atoms with Crippen LogP contribution in [0.3, 0.4) is 0 Å². The molecule has 16 heavy (non-hydrogen) atoms. The van der Waals surface area contributed by atoms with E-state index in [0.29, 0.717) is 24.5 Å². The third-order valence-electron chi connectivity index (χ3n) is 2.19. The summed E-state index contributed by atoms with van der Waals surface area (Å²) in [7, 11) is 1.87. The lowest BCUT2D eigenvalue weighted by Gasteiger charge is -2.18. The number of aromatic nitrogens is 2. The minimum Gasteiger partial charge on any atom is -0.393 e. The Bertz CT molecular complexity index is 349. The molecule has 0 aromatic carbocycles. The summed E-state index contributed by atoms with van der Waals surface area (Å²) in [5, 5.41) is 16.3. The highest BCUT2D eigenvalue weighted by Gasteiger charge is 2.05. The van der Waals surface area contributed by atoms with E-state index in [4.69, 9.17) is 16.2 Å². The molecule has 0 saturated heterocycles. The van der Waals surface area contributed by atoms with Gasteiger partial charge in [0.25, 0.3) is 0 Å². The van der Waals surface area contributed by atoms with Gasteiger partial charge in [-0.05, 0) is 13.3 Å². The summed E-state index contributed by atoms with van der Waals surface area (Å²) in [5.74, 6) is 0.608. The number of nitrogens with zero attached hydrogens (tertiary/aromatic N) is 3. The van der Waals surface area contributed by atoms with Crippen LogP contribution >= 0.6 is 0 Å². The van der Waals surface area contributed by atoms with Crippen molar-refractivity contribution < 1.29 is 5.11 Å². The molecule has 0 spiro atoms.